The van der Waals surface area contributed by atoms with Crippen molar-refractivity contribution in [1.29, 1.82) is 5.26 Å². The fourth-order valence-corrected chi connectivity index (χ4v) is 2.13. The van der Waals surface area contributed by atoms with Crippen molar-refractivity contribution in [3.05, 3.63) is 65.5 Å². The van der Waals surface area contributed by atoms with E-state index in [2.05, 4.69) is 5.32 Å². The van der Waals surface area contributed by atoms with Crippen LogP contribution in [0.5, 0.6) is 0 Å². The number of nitrogens with one attached hydrogen (secondary N) is 1. The minimum absolute atomic E-state index is 0.0180. The van der Waals surface area contributed by atoms with E-state index in [4.69, 9.17) is 10.00 Å². The van der Waals surface area contributed by atoms with Gasteiger partial charge in [0.1, 0.15) is 17.5 Å². The topological polar surface area (TPSA) is 82.4 Å². The minimum Gasteiger partial charge on any atom is -0.451 e. The second kappa shape index (κ2) is 9.15. The van der Waals surface area contributed by atoms with E-state index in [1.807, 2.05) is 31.1 Å². The number of esters is 1. The number of carbonyl (C=O) groups is 2. The summed E-state index contributed by atoms with van der Waals surface area (Å²) in [6, 6.07) is 14.6. The average molecular weight is 367 g/mol. The third-order valence-electron chi connectivity index (χ3n) is 3.54. The first-order valence-corrected chi connectivity index (χ1v) is 8.01. The molecule has 0 saturated carbocycles. The van der Waals surface area contributed by atoms with Crippen LogP contribution in [0.3, 0.4) is 0 Å². The van der Waals surface area contributed by atoms with Crippen LogP contribution in [-0.4, -0.2) is 32.6 Å². The number of benzene rings is 2. The molecule has 0 heterocycles. The Bertz CT molecular complexity index is 899. The van der Waals surface area contributed by atoms with Gasteiger partial charge >= 0.3 is 5.97 Å². The smallest absolute Gasteiger partial charge is 0.349 e. The Morgan fingerprint density at radius 2 is 1.85 bits per heavy atom. The van der Waals surface area contributed by atoms with Gasteiger partial charge in [-0.1, -0.05) is 24.3 Å². The van der Waals surface area contributed by atoms with Gasteiger partial charge in [0.2, 0.25) is 0 Å². The number of para-hydroxylation sites is 1. The molecule has 0 saturated heterocycles. The quantitative estimate of drug-likeness (QED) is 0.482. The number of nitriles is 1. The van der Waals surface area contributed by atoms with Gasteiger partial charge in [-0.15, -0.1) is 0 Å². The number of amides is 1. The summed E-state index contributed by atoms with van der Waals surface area (Å²) >= 11 is 0. The predicted molar refractivity (Wildman–Crippen MR) is 100 cm³/mol. The van der Waals surface area contributed by atoms with Gasteiger partial charge in [-0.25, -0.2) is 9.18 Å². The monoisotopic (exact) mass is 367 g/mol. The number of hydrogen-bond donors (Lipinski definition) is 1. The van der Waals surface area contributed by atoms with Crippen molar-refractivity contribution in [3.63, 3.8) is 0 Å². The van der Waals surface area contributed by atoms with Gasteiger partial charge in [0.05, 0.1) is 5.69 Å². The lowest BCUT2D eigenvalue weighted by atomic mass is 10.1. The van der Waals surface area contributed by atoms with Crippen molar-refractivity contribution < 1.29 is 18.7 Å². The Labute approximate surface area is 156 Å². The van der Waals surface area contributed by atoms with Crippen molar-refractivity contribution in [3.8, 4) is 6.07 Å². The highest BCUT2D eigenvalue weighted by atomic mass is 19.1. The molecule has 0 aliphatic carbocycles. The zero-order valence-corrected chi connectivity index (χ0v) is 14.9. The molecule has 0 bridgehead atoms. The lowest BCUT2D eigenvalue weighted by Crippen LogP contribution is -2.21. The molecule has 0 spiro atoms. The summed E-state index contributed by atoms with van der Waals surface area (Å²) in [5, 5.41) is 11.5. The van der Waals surface area contributed by atoms with E-state index in [-0.39, 0.29) is 11.3 Å². The lowest BCUT2D eigenvalue weighted by molar-refractivity contribution is -0.142. The van der Waals surface area contributed by atoms with Gasteiger partial charge in [-0.2, -0.15) is 5.26 Å². The molecule has 0 aromatic heterocycles. The third-order valence-corrected chi connectivity index (χ3v) is 3.54. The number of halogens is 1. The standard InChI is InChI=1S/C20H18FN3O3/c1-24(2)16-9-7-14(8-10-16)11-15(12-22)20(26)27-13-19(25)23-18-6-4-3-5-17(18)21/h3-11H,13H2,1-2H3,(H,23,25)/b15-11+. The van der Waals surface area contributed by atoms with Crippen LogP contribution in [0.2, 0.25) is 0 Å². The Morgan fingerprint density at radius 3 is 2.44 bits per heavy atom. The van der Waals surface area contributed by atoms with Crippen LogP contribution in [-0.2, 0) is 14.3 Å². The summed E-state index contributed by atoms with van der Waals surface area (Å²) in [7, 11) is 3.80. The van der Waals surface area contributed by atoms with Gasteiger partial charge in [-0.05, 0) is 35.9 Å². The molecule has 1 N–H and O–H groups in total. The maximum Gasteiger partial charge on any atom is 0.349 e. The minimum atomic E-state index is -0.933. The highest BCUT2D eigenvalue weighted by Crippen LogP contribution is 2.15. The highest BCUT2D eigenvalue weighted by molar-refractivity contribution is 6.00. The molecule has 138 valence electrons. The SMILES string of the molecule is CN(C)c1ccc(/C=C(\C#N)C(=O)OCC(=O)Nc2ccccc2F)cc1. The molecule has 7 heteroatoms. The van der Waals surface area contributed by atoms with E-state index in [1.54, 1.807) is 24.3 Å². The number of carbonyl (C=O) groups excluding carboxylic acids is 2. The normalized spacial score (nSPS) is 10.7. The van der Waals surface area contributed by atoms with Gasteiger partial charge in [0, 0.05) is 19.8 Å². The predicted octanol–water partition coefficient (Wildman–Crippen LogP) is 2.98. The fourth-order valence-electron chi connectivity index (χ4n) is 2.13. The first-order valence-electron chi connectivity index (χ1n) is 8.01. The number of rotatable bonds is 6. The van der Waals surface area contributed by atoms with Crippen molar-refractivity contribution in [2.75, 3.05) is 30.9 Å². The van der Waals surface area contributed by atoms with Gasteiger partial charge in [-0.3, -0.25) is 4.79 Å². The molecule has 0 radical (unpaired) electrons. The van der Waals surface area contributed by atoms with Crippen LogP contribution < -0.4 is 10.2 Å². The number of ether oxygens (including phenoxy) is 1. The molecular formula is C20H18FN3O3. The zero-order valence-electron chi connectivity index (χ0n) is 14.9. The number of hydrogen-bond acceptors (Lipinski definition) is 5. The Kier molecular flexibility index (Phi) is 6.67. The van der Waals surface area contributed by atoms with Crippen LogP contribution in [0, 0.1) is 17.1 Å². The number of anilines is 2. The van der Waals surface area contributed by atoms with E-state index >= 15 is 0 Å². The first kappa shape index (κ1) is 19.7. The average Bonchev–Trinajstić information content (AvgIpc) is 2.66. The summed E-state index contributed by atoms with van der Waals surface area (Å²) in [5.41, 5.74) is 1.35. The summed E-state index contributed by atoms with van der Waals surface area (Å²) < 4.78 is 18.3. The Morgan fingerprint density at radius 1 is 1.19 bits per heavy atom. The first-order chi connectivity index (χ1) is 12.9. The molecule has 0 atom stereocenters. The molecule has 0 fully saturated rings. The van der Waals surface area contributed by atoms with Crippen molar-refractivity contribution in [2.24, 2.45) is 0 Å². The van der Waals surface area contributed by atoms with Gasteiger partial charge in [0.15, 0.2) is 6.61 Å². The molecule has 27 heavy (non-hydrogen) atoms. The van der Waals surface area contributed by atoms with E-state index in [0.29, 0.717) is 5.56 Å². The van der Waals surface area contributed by atoms with Crippen LogP contribution in [0.4, 0.5) is 15.8 Å². The molecule has 0 unspecified atom stereocenters. The second-order valence-corrected chi connectivity index (χ2v) is 5.76. The van der Waals surface area contributed by atoms with Crippen LogP contribution in [0.25, 0.3) is 6.08 Å². The molecule has 2 aromatic rings. The van der Waals surface area contributed by atoms with E-state index < -0.39 is 24.3 Å². The van der Waals surface area contributed by atoms with E-state index in [9.17, 15) is 14.0 Å². The van der Waals surface area contributed by atoms with Crippen molar-refractivity contribution in [1.82, 2.24) is 0 Å². The maximum absolute atomic E-state index is 13.5. The maximum atomic E-state index is 13.5. The van der Waals surface area contributed by atoms with Crippen molar-refractivity contribution >= 4 is 29.3 Å². The highest BCUT2D eigenvalue weighted by Gasteiger charge is 2.14. The lowest BCUT2D eigenvalue weighted by Gasteiger charge is -2.11. The van der Waals surface area contributed by atoms with Crippen LogP contribution >= 0.6 is 0 Å². The molecule has 6 nitrogen and oxygen atoms in total. The summed E-state index contributed by atoms with van der Waals surface area (Å²) in [6.07, 6.45) is 1.37. The largest absolute Gasteiger partial charge is 0.451 e. The van der Waals surface area contributed by atoms with Gasteiger partial charge < -0.3 is 15.0 Å². The Hall–Kier alpha value is -3.66. The molecule has 0 aliphatic rings. The van der Waals surface area contributed by atoms with E-state index in [0.717, 1.165) is 5.69 Å². The second-order valence-electron chi connectivity index (χ2n) is 5.76. The summed E-state index contributed by atoms with van der Waals surface area (Å²) in [4.78, 5) is 25.7. The fraction of sp³-hybridized carbons (Fsp3) is 0.150. The molecular weight excluding hydrogens is 349 g/mol. The van der Waals surface area contributed by atoms with Crippen LogP contribution in [0.15, 0.2) is 54.1 Å². The third kappa shape index (κ3) is 5.68. The molecule has 2 rings (SSSR count). The number of nitrogens with zero attached hydrogens (tertiary/aromatic N) is 2. The molecule has 0 aliphatic heterocycles. The van der Waals surface area contributed by atoms with Crippen LogP contribution in [0.1, 0.15) is 5.56 Å². The summed E-state index contributed by atoms with van der Waals surface area (Å²) in [6.45, 7) is -0.633. The summed E-state index contributed by atoms with van der Waals surface area (Å²) in [5.74, 6) is -2.24. The van der Waals surface area contributed by atoms with Gasteiger partial charge in [0.25, 0.3) is 5.91 Å². The molecule has 1 amide bonds. The van der Waals surface area contributed by atoms with Crippen molar-refractivity contribution in [2.45, 2.75) is 0 Å². The molecule has 2 aromatic carbocycles. The zero-order chi connectivity index (χ0) is 19.8. The van der Waals surface area contributed by atoms with E-state index in [1.165, 1.54) is 24.3 Å². The Balaban J connectivity index is 1.97.